The Hall–Kier alpha value is -2.70. The van der Waals surface area contributed by atoms with Crippen molar-refractivity contribution < 1.29 is 14.7 Å². The summed E-state index contributed by atoms with van der Waals surface area (Å²) in [5, 5.41) is 12.3. The number of aromatic nitrogens is 2. The van der Waals surface area contributed by atoms with E-state index in [1.807, 2.05) is 13.0 Å². The molecule has 0 spiro atoms. The molecular formula is C18H21N3O4. The lowest BCUT2D eigenvalue weighted by molar-refractivity contribution is -0.142. The van der Waals surface area contributed by atoms with Gasteiger partial charge in [0.25, 0.3) is 5.56 Å². The maximum atomic E-state index is 12.5. The largest absolute Gasteiger partial charge is 0.480 e. The van der Waals surface area contributed by atoms with Crippen LogP contribution in [0.2, 0.25) is 0 Å². The lowest BCUT2D eigenvalue weighted by Gasteiger charge is -2.14. The Morgan fingerprint density at radius 2 is 2.16 bits per heavy atom. The number of nitrogens with zero attached hydrogens (tertiary/aromatic N) is 2. The van der Waals surface area contributed by atoms with Gasteiger partial charge >= 0.3 is 5.97 Å². The third kappa shape index (κ3) is 4.04. The van der Waals surface area contributed by atoms with Crippen molar-refractivity contribution in [1.29, 1.82) is 0 Å². The van der Waals surface area contributed by atoms with Crippen molar-refractivity contribution in [3.63, 3.8) is 0 Å². The zero-order valence-corrected chi connectivity index (χ0v) is 14.1. The number of aryl methyl sites for hydroxylation is 2. The van der Waals surface area contributed by atoms with Gasteiger partial charge in [-0.3, -0.25) is 14.2 Å². The number of benzene rings is 1. The summed E-state index contributed by atoms with van der Waals surface area (Å²) >= 11 is 0. The summed E-state index contributed by atoms with van der Waals surface area (Å²) in [7, 11) is 0. The molecule has 1 aliphatic carbocycles. The van der Waals surface area contributed by atoms with E-state index in [9.17, 15) is 19.5 Å². The predicted molar refractivity (Wildman–Crippen MR) is 92.3 cm³/mol. The summed E-state index contributed by atoms with van der Waals surface area (Å²) in [6, 6.07) is 4.55. The molecule has 1 heterocycles. The third-order valence-corrected chi connectivity index (χ3v) is 4.53. The number of carboxylic acid groups (broad SMARTS) is 1. The first kappa shape index (κ1) is 17.1. The highest BCUT2D eigenvalue weighted by Crippen LogP contribution is 2.33. The molecule has 1 aromatic heterocycles. The molecule has 1 aliphatic rings. The zero-order chi connectivity index (χ0) is 18.0. The molecule has 1 atom stereocenters. The lowest BCUT2D eigenvalue weighted by Crippen LogP contribution is -2.41. The van der Waals surface area contributed by atoms with E-state index in [2.05, 4.69) is 10.3 Å². The molecular weight excluding hydrogens is 322 g/mol. The number of carboxylic acids is 1. The van der Waals surface area contributed by atoms with E-state index in [1.54, 1.807) is 12.1 Å². The van der Waals surface area contributed by atoms with Crippen LogP contribution >= 0.6 is 0 Å². The van der Waals surface area contributed by atoms with Crippen LogP contribution in [0.15, 0.2) is 29.3 Å². The number of aliphatic carboxylic acids is 1. The van der Waals surface area contributed by atoms with Crippen molar-refractivity contribution in [2.45, 2.75) is 45.2 Å². The maximum absolute atomic E-state index is 12.5. The van der Waals surface area contributed by atoms with Crippen LogP contribution in [-0.4, -0.2) is 32.6 Å². The van der Waals surface area contributed by atoms with Gasteiger partial charge in [0.05, 0.1) is 17.2 Å². The molecule has 132 valence electrons. The standard InChI is InChI=1S/C18H21N3O4/c1-11-3-2-4-13-16(11)19-10-21(17(13)23)8-7-15(22)20-14(18(24)25)9-12-5-6-12/h2-4,10,12,14H,5-9H2,1H3,(H,20,22)(H,24,25). The molecule has 0 radical (unpaired) electrons. The molecule has 3 rings (SSSR count). The van der Waals surface area contributed by atoms with Gasteiger partial charge in [-0.2, -0.15) is 0 Å². The first-order valence-electron chi connectivity index (χ1n) is 8.42. The summed E-state index contributed by atoms with van der Waals surface area (Å²) < 4.78 is 1.39. The van der Waals surface area contributed by atoms with E-state index in [1.165, 1.54) is 10.9 Å². The van der Waals surface area contributed by atoms with Crippen molar-refractivity contribution in [2.24, 2.45) is 5.92 Å². The smallest absolute Gasteiger partial charge is 0.326 e. The fourth-order valence-electron chi connectivity index (χ4n) is 2.89. The van der Waals surface area contributed by atoms with Crippen LogP contribution in [0.3, 0.4) is 0 Å². The molecule has 25 heavy (non-hydrogen) atoms. The Labute approximate surface area is 144 Å². The Morgan fingerprint density at radius 1 is 1.40 bits per heavy atom. The van der Waals surface area contributed by atoms with Crippen molar-refractivity contribution in [3.05, 3.63) is 40.4 Å². The minimum Gasteiger partial charge on any atom is -0.480 e. The monoisotopic (exact) mass is 343 g/mol. The summed E-state index contributed by atoms with van der Waals surface area (Å²) in [4.78, 5) is 40.0. The number of carbonyl (C=O) groups excluding carboxylic acids is 1. The minimum atomic E-state index is -1.01. The van der Waals surface area contributed by atoms with Crippen LogP contribution in [0.1, 0.15) is 31.2 Å². The Balaban J connectivity index is 1.65. The number of hydrogen-bond donors (Lipinski definition) is 2. The van der Waals surface area contributed by atoms with Crippen molar-refractivity contribution >= 4 is 22.8 Å². The van der Waals surface area contributed by atoms with Crippen LogP contribution in [0.4, 0.5) is 0 Å². The molecule has 7 heteroatoms. The van der Waals surface area contributed by atoms with E-state index in [-0.39, 0.29) is 24.4 Å². The second-order valence-electron chi connectivity index (χ2n) is 6.60. The summed E-state index contributed by atoms with van der Waals surface area (Å²) in [5.74, 6) is -0.985. The molecule has 0 aliphatic heterocycles. The second kappa shape index (κ2) is 7.04. The Bertz CT molecular complexity index is 870. The van der Waals surface area contributed by atoms with Crippen LogP contribution in [0.5, 0.6) is 0 Å². The lowest BCUT2D eigenvalue weighted by atomic mass is 10.1. The average molecular weight is 343 g/mol. The highest BCUT2D eigenvalue weighted by Gasteiger charge is 2.30. The molecule has 1 unspecified atom stereocenters. The van der Waals surface area contributed by atoms with Gasteiger partial charge in [0.2, 0.25) is 5.91 Å². The van der Waals surface area contributed by atoms with Crippen molar-refractivity contribution in [2.75, 3.05) is 0 Å². The number of rotatable bonds is 7. The molecule has 0 saturated heterocycles. The van der Waals surface area contributed by atoms with Gasteiger partial charge in [-0.15, -0.1) is 0 Å². The molecule has 1 aromatic carbocycles. The van der Waals surface area contributed by atoms with E-state index in [0.29, 0.717) is 23.2 Å². The molecule has 0 bridgehead atoms. The van der Waals surface area contributed by atoms with Gasteiger partial charge in [-0.25, -0.2) is 9.78 Å². The molecule has 2 N–H and O–H groups in total. The van der Waals surface area contributed by atoms with E-state index in [4.69, 9.17) is 0 Å². The minimum absolute atomic E-state index is 0.0351. The molecule has 1 amide bonds. The molecule has 7 nitrogen and oxygen atoms in total. The number of fused-ring (bicyclic) bond motifs is 1. The van der Waals surface area contributed by atoms with Crippen molar-refractivity contribution in [1.82, 2.24) is 14.9 Å². The van der Waals surface area contributed by atoms with E-state index >= 15 is 0 Å². The van der Waals surface area contributed by atoms with Crippen molar-refractivity contribution in [3.8, 4) is 0 Å². The Kier molecular flexibility index (Phi) is 4.83. The van der Waals surface area contributed by atoms with Gasteiger partial charge in [0.15, 0.2) is 0 Å². The number of para-hydroxylation sites is 1. The van der Waals surface area contributed by atoms with Gasteiger partial charge in [-0.1, -0.05) is 25.0 Å². The quantitative estimate of drug-likeness (QED) is 0.793. The fourth-order valence-corrected chi connectivity index (χ4v) is 2.89. The molecule has 1 saturated carbocycles. The maximum Gasteiger partial charge on any atom is 0.326 e. The van der Waals surface area contributed by atoms with Gasteiger partial charge in [0, 0.05) is 13.0 Å². The van der Waals surface area contributed by atoms with Gasteiger partial charge < -0.3 is 10.4 Å². The van der Waals surface area contributed by atoms with Crippen LogP contribution < -0.4 is 10.9 Å². The number of hydrogen-bond acceptors (Lipinski definition) is 4. The number of nitrogens with one attached hydrogen (secondary N) is 1. The fraction of sp³-hybridized carbons (Fsp3) is 0.444. The average Bonchev–Trinajstić information content (AvgIpc) is 3.38. The number of amides is 1. The summed E-state index contributed by atoms with van der Waals surface area (Å²) in [6.45, 7) is 2.05. The SMILES string of the molecule is Cc1cccc2c(=O)n(CCC(=O)NC(CC3CC3)C(=O)O)cnc12. The highest BCUT2D eigenvalue weighted by atomic mass is 16.4. The topological polar surface area (TPSA) is 101 Å². The third-order valence-electron chi connectivity index (χ3n) is 4.53. The van der Waals surface area contributed by atoms with Gasteiger partial charge in [-0.05, 0) is 30.9 Å². The van der Waals surface area contributed by atoms with Crippen LogP contribution in [0.25, 0.3) is 10.9 Å². The Morgan fingerprint density at radius 3 is 2.84 bits per heavy atom. The number of carbonyl (C=O) groups is 2. The van der Waals surface area contributed by atoms with Gasteiger partial charge in [0.1, 0.15) is 6.04 Å². The highest BCUT2D eigenvalue weighted by molar-refractivity contribution is 5.83. The zero-order valence-electron chi connectivity index (χ0n) is 14.1. The second-order valence-corrected chi connectivity index (χ2v) is 6.60. The first-order valence-corrected chi connectivity index (χ1v) is 8.42. The normalized spacial score (nSPS) is 15.1. The van der Waals surface area contributed by atoms with E-state index in [0.717, 1.165) is 18.4 Å². The summed E-state index contributed by atoms with van der Waals surface area (Å²) in [6.07, 6.45) is 3.99. The summed E-state index contributed by atoms with van der Waals surface area (Å²) in [5.41, 5.74) is 1.38. The molecule has 2 aromatic rings. The van der Waals surface area contributed by atoms with Crippen LogP contribution in [0, 0.1) is 12.8 Å². The first-order chi connectivity index (χ1) is 12.0. The predicted octanol–water partition coefficient (Wildman–Crippen LogP) is 1.46. The van der Waals surface area contributed by atoms with Crippen LogP contribution in [-0.2, 0) is 16.1 Å². The molecule has 1 fully saturated rings. The van der Waals surface area contributed by atoms with E-state index < -0.39 is 12.0 Å².